The number of H-pyrrole nitrogens is 1. The molecule has 0 aliphatic heterocycles. The Balaban J connectivity index is 1.94. The maximum atomic E-state index is 12.4. The van der Waals surface area contributed by atoms with Crippen LogP contribution in [0.2, 0.25) is 0 Å². The first-order chi connectivity index (χ1) is 12.4. The van der Waals surface area contributed by atoms with E-state index < -0.39 is 10.8 Å². The number of hydrogen-bond donors (Lipinski definition) is 2. The van der Waals surface area contributed by atoms with Crippen LogP contribution in [0.5, 0.6) is 0 Å². The van der Waals surface area contributed by atoms with Crippen LogP contribution in [0.25, 0.3) is 10.9 Å². The number of hydrogen-bond acceptors (Lipinski definition) is 4. The fourth-order valence-corrected chi connectivity index (χ4v) is 2.85. The Kier molecular flexibility index (Phi) is 4.53. The predicted molar refractivity (Wildman–Crippen MR) is 99.7 cm³/mol. The molecule has 3 rings (SSSR count). The molecule has 0 aliphatic rings. The van der Waals surface area contributed by atoms with E-state index in [1.165, 1.54) is 12.1 Å². The van der Waals surface area contributed by atoms with E-state index in [1.807, 2.05) is 13.0 Å². The topological polar surface area (TPSA) is 105 Å². The van der Waals surface area contributed by atoms with E-state index >= 15 is 0 Å². The molecule has 0 bridgehead atoms. The number of nitrogens with one attached hydrogen (secondary N) is 2. The Hall–Kier alpha value is -3.48. The number of aromatic nitrogens is 1. The number of nitro benzene ring substituents is 1. The smallest absolute Gasteiger partial charge is 0.273 e. The van der Waals surface area contributed by atoms with E-state index in [4.69, 9.17) is 0 Å². The van der Waals surface area contributed by atoms with Gasteiger partial charge in [0.05, 0.1) is 10.4 Å². The SMILES string of the molecule is CCc1cc(=O)[nH]c2cc(NC(=O)c3ccc(C)c([N+](=O)[O-])c3)ccc12. The number of carbonyl (C=O) groups is 1. The third-order valence-corrected chi connectivity index (χ3v) is 4.24. The normalized spacial score (nSPS) is 10.7. The maximum absolute atomic E-state index is 12.4. The van der Waals surface area contributed by atoms with Gasteiger partial charge in [0.25, 0.3) is 11.6 Å². The molecule has 1 aromatic heterocycles. The van der Waals surface area contributed by atoms with E-state index in [9.17, 15) is 19.7 Å². The Morgan fingerprint density at radius 2 is 1.96 bits per heavy atom. The number of pyridine rings is 1. The average molecular weight is 351 g/mol. The molecule has 132 valence electrons. The number of aryl methyl sites for hydroxylation is 2. The number of nitrogens with zero attached hydrogens (tertiary/aromatic N) is 1. The van der Waals surface area contributed by atoms with Gasteiger partial charge in [0.15, 0.2) is 0 Å². The summed E-state index contributed by atoms with van der Waals surface area (Å²) in [7, 11) is 0. The van der Waals surface area contributed by atoms with Gasteiger partial charge >= 0.3 is 0 Å². The molecule has 3 aromatic rings. The van der Waals surface area contributed by atoms with Crippen molar-refractivity contribution in [2.24, 2.45) is 0 Å². The quantitative estimate of drug-likeness (QED) is 0.554. The summed E-state index contributed by atoms with van der Waals surface area (Å²) in [6.45, 7) is 3.58. The van der Waals surface area contributed by atoms with Crippen molar-refractivity contribution in [1.29, 1.82) is 0 Å². The molecule has 0 saturated carbocycles. The molecular formula is C19H17N3O4. The van der Waals surface area contributed by atoms with Crippen molar-refractivity contribution in [1.82, 2.24) is 4.98 Å². The molecule has 0 spiro atoms. The van der Waals surface area contributed by atoms with Crippen LogP contribution in [0.3, 0.4) is 0 Å². The fraction of sp³-hybridized carbons (Fsp3) is 0.158. The van der Waals surface area contributed by atoms with Crippen LogP contribution < -0.4 is 10.9 Å². The van der Waals surface area contributed by atoms with Crippen molar-refractivity contribution in [2.75, 3.05) is 5.32 Å². The number of amides is 1. The summed E-state index contributed by atoms with van der Waals surface area (Å²) in [6.07, 6.45) is 0.721. The van der Waals surface area contributed by atoms with Gasteiger partial charge in [-0.2, -0.15) is 0 Å². The molecule has 7 heteroatoms. The van der Waals surface area contributed by atoms with Gasteiger partial charge in [-0.3, -0.25) is 19.7 Å². The van der Waals surface area contributed by atoms with Gasteiger partial charge in [-0.25, -0.2) is 0 Å². The van der Waals surface area contributed by atoms with E-state index in [0.717, 1.165) is 17.4 Å². The van der Waals surface area contributed by atoms with Crippen molar-refractivity contribution < 1.29 is 9.72 Å². The van der Waals surface area contributed by atoms with Gasteiger partial charge < -0.3 is 10.3 Å². The van der Waals surface area contributed by atoms with Gasteiger partial charge in [0.2, 0.25) is 5.56 Å². The standard InChI is InChI=1S/C19H17N3O4/c1-3-12-9-18(23)21-16-10-14(6-7-15(12)16)20-19(24)13-5-4-11(2)17(8-13)22(25)26/h4-10H,3H2,1-2H3,(H,20,24)(H,21,23). The zero-order valence-corrected chi connectivity index (χ0v) is 14.3. The van der Waals surface area contributed by atoms with Gasteiger partial charge in [-0.05, 0) is 37.1 Å². The average Bonchev–Trinajstić information content (AvgIpc) is 2.60. The van der Waals surface area contributed by atoms with Crippen LogP contribution in [0.4, 0.5) is 11.4 Å². The van der Waals surface area contributed by atoms with Gasteiger partial charge in [-0.15, -0.1) is 0 Å². The molecule has 0 aliphatic carbocycles. The molecule has 0 radical (unpaired) electrons. The number of aromatic amines is 1. The molecule has 26 heavy (non-hydrogen) atoms. The lowest BCUT2D eigenvalue weighted by Gasteiger charge is -2.09. The third-order valence-electron chi connectivity index (χ3n) is 4.24. The molecular weight excluding hydrogens is 334 g/mol. The lowest BCUT2D eigenvalue weighted by molar-refractivity contribution is -0.385. The highest BCUT2D eigenvalue weighted by Crippen LogP contribution is 2.22. The summed E-state index contributed by atoms with van der Waals surface area (Å²) in [4.78, 5) is 37.4. The second-order valence-electron chi connectivity index (χ2n) is 5.99. The van der Waals surface area contributed by atoms with E-state index in [2.05, 4.69) is 10.3 Å². The molecule has 0 unspecified atom stereocenters. The Morgan fingerprint density at radius 1 is 1.19 bits per heavy atom. The number of nitro groups is 1. The minimum absolute atomic E-state index is 0.104. The first kappa shape index (κ1) is 17.3. The third kappa shape index (κ3) is 3.32. The zero-order valence-electron chi connectivity index (χ0n) is 14.3. The van der Waals surface area contributed by atoms with Crippen LogP contribution >= 0.6 is 0 Å². The molecule has 1 amide bonds. The van der Waals surface area contributed by atoms with Crippen molar-refractivity contribution in [3.05, 3.63) is 79.6 Å². The van der Waals surface area contributed by atoms with E-state index in [1.54, 1.807) is 31.2 Å². The second kappa shape index (κ2) is 6.79. The van der Waals surface area contributed by atoms with Crippen LogP contribution in [-0.4, -0.2) is 15.8 Å². The largest absolute Gasteiger partial charge is 0.322 e. The summed E-state index contributed by atoms with van der Waals surface area (Å²) in [5, 5.41) is 14.7. The highest BCUT2D eigenvalue weighted by atomic mass is 16.6. The molecule has 1 heterocycles. The summed E-state index contributed by atoms with van der Waals surface area (Å²) >= 11 is 0. The highest BCUT2D eigenvalue weighted by molar-refractivity contribution is 6.05. The van der Waals surface area contributed by atoms with Crippen molar-refractivity contribution in [3.63, 3.8) is 0 Å². The van der Waals surface area contributed by atoms with Gasteiger partial charge in [0.1, 0.15) is 0 Å². The number of carbonyl (C=O) groups excluding carboxylic acids is 1. The van der Waals surface area contributed by atoms with E-state index in [0.29, 0.717) is 16.8 Å². The Morgan fingerprint density at radius 3 is 2.65 bits per heavy atom. The zero-order chi connectivity index (χ0) is 18.8. The van der Waals surface area contributed by atoms with Gasteiger partial charge in [0, 0.05) is 34.3 Å². The first-order valence-corrected chi connectivity index (χ1v) is 8.11. The molecule has 2 N–H and O–H groups in total. The van der Waals surface area contributed by atoms with Crippen LogP contribution in [0.1, 0.15) is 28.4 Å². The van der Waals surface area contributed by atoms with Crippen LogP contribution in [0.15, 0.2) is 47.3 Å². The lowest BCUT2D eigenvalue weighted by Crippen LogP contribution is -2.13. The van der Waals surface area contributed by atoms with Crippen molar-refractivity contribution >= 4 is 28.2 Å². The minimum atomic E-state index is -0.515. The number of rotatable bonds is 4. The number of fused-ring (bicyclic) bond motifs is 1. The number of anilines is 1. The maximum Gasteiger partial charge on any atom is 0.273 e. The monoisotopic (exact) mass is 351 g/mol. The fourth-order valence-electron chi connectivity index (χ4n) is 2.85. The molecule has 2 aromatic carbocycles. The summed E-state index contributed by atoms with van der Waals surface area (Å²) in [6, 6.07) is 11.1. The lowest BCUT2D eigenvalue weighted by atomic mass is 10.1. The summed E-state index contributed by atoms with van der Waals surface area (Å²) < 4.78 is 0. The molecule has 0 fully saturated rings. The van der Waals surface area contributed by atoms with Crippen molar-refractivity contribution in [2.45, 2.75) is 20.3 Å². The Bertz CT molecular complexity index is 1090. The Labute approximate surface area is 148 Å². The summed E-state index contributed by atoms with van der Waals surface area (Å²) in [5.41, 5.74) is 2.42. The predicted octanol–water partition coefficient (Wildman–Crippen LogP) is 3.56. The number of benzene rings is 2. The van der Waals surface area contributed by atoms with Crippen molar-refractivity contribution in [3.8, 4) is 0 Å². The highest BCUT2D eigenvalue weighted by Gasteiger charge is 2.15. The molecule has 7 nitrogen and oxygen atoms in total. The van der Waals surface area contributed by atoms with Crippen LogP contribution in [-0.2, 0) is 6.42 Å². The summed E-state index contributed by atoms with van der Waals surface area (Å²) in [5.74, 6) is -0.457. The van der Waals surface area contributed by atoms with Gasteiger partial charge in [-0.1, -0.05) is 19.1 Å². The van der Waals surface area contributed by atoms with E-state index in [-0.39, 0.29) is 16.8 Å². The molecule has 0 atom stereocenters. The van der Waals surface area contributed by atoms with Crippen LogP contribution in [0, 0.1) is 17.0 Å². The minimum Gasteiger partial charge on any atom is -0.322 e. The molecule has 0 saturated heterocycles. The first-order valence-electron chi connectivity index (χ1n) is 8.11. The second-order valence-corrected chi connectivity index (χ2v) is 5.99.